The number of ether oxygens (including phenoxy) is 1. The molecule has 0 aromatic carbocycles. The van der Waals surface area contributed by atoms with Gasteiger partial charge in [-0.25, -0.2) is 0 Å². The Labute approximate surface area is 79.8 Å². The van der Waals surface area contributed by atoms with Gasteiger partial charge >= 0.3 is 5.97 Å². The fourth-order valence-corrected chi connectivity index (χ4v) is 2.19. The Morgan fingerprint density at radius 1 is 1.46 bits per heavy atom. The highest BCUT2D eigenvalue weighted by Gasteiger charge is 2.35. The topological polar surface area (TPSA) is 38.3 Å². The standard InChI is InChI=1S/C10H19NO2/c1-3-11-10(6-4-5-7-10)8-9(12)13-2/h11H,3-8H2,1-2H3. The maximum Gasteiger partial charge on any atom is 0.307 e. The van der Waals surface area contributed by atoms with Crippen molar-refractivity contribution >= 4 is 5.97 Å². The summed E-state index contributed by atoms with van der Waals surface area (Å²) < 4.78 is 4.70. The predicted octanol–water partition coefficient (Wildman–Crippen LogP) is 1.47. The SMILES string of the molecule is CCNC1(CC(=O)OC)CCCC1. The van der Waals surface area contributed by atoms with E-state index >= 15 is 0 Å². The molecule has 0 radical (unpaired) electrons. The summed E-state index contributed by atoms with van der Waals surface area (Å²) in [6.45, 7) is 3.01. The summed E-state index contributed by atoms with van der Waals surface area (Å²) in [6, 6.07) is 0. The molecular formula is C10H19NO2. The third-order valence-electron chi connectivity index (χ3n) is 2.82. The molecule has 0 amide bonds. The molecule has 0 aromatic rings. The lowest BCUT2D eigenvalue weighted by Gasteiger charge is -2.28. The van der Waals surface area contributed by atoms with Crippen molar-refractivity contribution in [1.82, 2.24) is 5.32 Å². The van der Waals surface area contributed by atoms with Crippen LogP contribution >= 0.6 is 0 Å². The molecule has 3 nitrogen and oxygen atoms in total. The van der Waals surface area contributed by atoms with Crippen molar-refractivity contribution in [3.05, 3.63) is 0 Å². The molecule has 0 atom stereocenters. The third-order valence-corrected chi connectivity index (χ3v) is 2.82. The van der Waals surface area contributed by atoms with Gasteiger partial charge < -0.3 is 10.1 Å². The molecular weight excluding hydrogens is 166 g/mol. The van der Waals surface area contributed by atoms with Gasteiger partial charge in [-0.1, -0.05) is 19.8 Å². The monoisotopic (exact) mass is 185 g/mol. The van der Waals surface area contributed by atoms with Crippen LogP contribution in [0.1, 0.15) is 39.0 Å². The minimum Gasteiger partial charge on any atom is -0.469 e. The van der Waals surface area contributed by atoms with E-state index in [4.69, 9.17) is 4.74 Å². The zero-order chi connectivity index (χ0) is 9.73. The summed E-state index contributed by atoms with van der Waals surface area (Å²) in [7, 11) is 1.46. The molecule has 0 unspecified atom stereocenters. The highest BCUT2D eigenvalue weighted by Crippen LogP contribution is 2.32. The highest BCUT2D eigenvalue weighted by atomic mass is 16.5. The van der Waals surface area contributed by atoms with Crippen molar-refractivity contribution in [3.63, 3.8) is 0 Å². The van der Waals surface area contributed by atoms with Crippen molar-refractivity contribution in [1.29, 1.82) is 0 Å². The molecule has 0 aromatic heterocycles. The maximum atomic E-state index is 11.2. The normalized spacial score (nSPS) is 20.2. The average Bonchev–Trinajstić information content (AvgIpc) is 2.54. The van der Waals surface area contributed by atoms with Gasteiger partial charge in [0.1, 0.15) is 0 Å². The summed E-state index contributed by atoms with van der Waals surface area (Å²) in [5.41, 5.74) is 0.0435. The van der Waals surface area contributed by atoms with Crippen molar-refractivity contribution in [2.45, 2.75) is 44.6 Å². The summed E-state index contributed by atoms with van der Waals surface area (Å²) in [5, 5.41) is 3.42. The number of hydrogen-bond donors (Lipinski definition) is 1. The van der Waals surface area contributed by atoms with Crippen molar-refractivity contribution in [2.75, 3.05) is 13.7 Å². The van der Waals surface area contributed by atoms with Crippen LogP contribution in [-0.2, 0) is 9.53 Å². The Morgan fingerprint density at radius 2 is 2.08 bits per heavy atom. The molecule has 3 heteroatoms. The Bertz CT molecular complexity index is 174. The predicted molar refractivity (Wildman–Crippen MR) is 51.5 cm³/mol. The molecule has 0 aliphatic heterocycles. The lowest BCUT2D eigenvalue weighted by atomic mass is 9.93. The fraction of sp³-hybridized carbons (Fsp3) is 0.900. The number of nitrogens with one attached hydrogen (secondary N) is 1. The first kappa shape index (κ1) is 10.5. The van der Waals surface area contributed by atoms with E-state index in [1.807, 2.05) is 0 Å². The maximum absolute atomic E-state index is 11.2. The molecule has 0 heterocycles. The first-order valence-corrected chi connectivity index (χ1v) is 5.04. The van der Waals surface area contributed by atoms with Crippen molar-refractivity contribution in [3.8, 4) is 0 Å². The second kappa shape index (κ2) is 4.61. The van der Waals surface area contributed by atoms with Crippen LogP contribution in [0.15, 0.2) is 0 Å². The molecule has 1 N–H and O–H groups in total. The summed E-state index contributed by atoms with van der Waals surface area (Å²) in [5.74, 6) is -0.0946. The van der Waals surface area contributed by atoms with Gasteiger partial charge in [-0.2, -0.15) is 0 Å². The van der Waals surface area contributed by atoms with Gasteiger partial charge in [0.25, 0.3) is 0 Å². The lowest BCUT2D eigenvalue weighted by Crippen LogP contribution is -2.44. The Morgan fingerprint density at radius 3 is 2.54 bits per heavy atom. The van der Waals surface area contributed by atoms with Gasteiger partial charge in [-0.15, -0.1) is 0 Å². The average molecular weight is 185 g/mol. The molecule has 13 heavy (non-hydrogen) atoms. The summed E-state index contributed by atoms with van der Waals surface area (Å²) in [6.07, 6.45) is 5.19. The molecule has 0 saturated heterocycles. The number of hydrogen-bond acceptors (Lipinski definition) is 3. The van der Waals surface area contributed by atoms with E-state index in [1.54, 1.807) is 0 Å². The van der Waals surface area contributed by atoms with Crippen LogP contribution in [-0.4, -0.2) is 25.2 Å². The van der Waals surface area contributed by atoms with Gasteiger partial charge in [0.05, 0.1) is 13.5 Å². The molecule has 1 aliphatic carbocycles. The Kier molecular flexibility index (Phi) is 3.72. The molecule has 1 saturated carbocycles. The largest absolute Gasteiger partial charge is 0.469 e. The highest BCUT2D eigenvalue weighted by molar-refractivity contribution is 5.70. The van der Waals surface area contributed by atoms with Gasteiger partial charge in [-0.3, -0.25) is 4.79 Å². The number of esters is 1. The van der Waals surface area contributed by atoms with Crippen LogP contribution in [0, 0.1) is 0 Å². The van der Waals surface area contributed by atoms with E-state index in [0.29, 0.717) is 6.42 Å². The first-order chi connectivity index (χ1) is 6.22. The van der Waals surface area contributed by atoms with E-state index in [0.717, 1.165) is 19.4 Å². The van der Waals surface area contributed by atoms with Crippen LogP contribution in [0.3, 0.4) is 0 Å². The van der Waals surface area contributed by atoms with Gasteiger partial charge in [0.2, 0.25) is 0 Å². The minimum atomic E-state index is -0.0946. The van der Waals surface area contributed by atoms with E-state index in [-0.39, 0.29) is 11.5 Å². The number of methoxy groups -OCH3 is 1. The zero-order valence-corrected chi connectivity index (χ0v) is 8.56. The fourth-order valence-electron chi connectivity index (χ4n) is 2.19. The quantitative estimate of drug-likeness (QED) is 0.674. The van der Waals surface area contributed by atoms with Crippen molar-refractivity contribution in [2.24, 2.45) is 0 Å². The second-order valence-corrected chi connectivity index (χ2v) is 3.77. The van der Waals surface area contributed by atoms with Crippen LogP contribution in [0.5, 0.6) is 0 Å². The molecule has 0 bridgehead atoms. The van der Waals surface area contributed by atoms with Gasteiger partial charge in [-0.05, 0) is 19.4 Å². The molecule has 0 spiro atoms. The van der Waals surface area contributed by atoms with E-state index in [1.165, 1.54) is 20.0 Å². The molecule has 1 fully saturated rings. The molecule has 1 aliphatic rings. The molecule has 1 rings (SSSR count). The van der Waals surface area contributed by atoms with Crippen LogP contribution in [0.2, 0.25) is 0 Å². The lowest BCUT2D eigenvalue weighted by molar-refractivity contribution is -0.142. The van der Waals surface area contributed by atoms with E-state index in [2.05, 4.69) is 12.2 Å². The second-order valence-electron chi connectivity index (χ2n) is 3.77. The molecule has 76 valence electrons. The van der Waals surface area contributed by atoms with Crippen LogP contribution in [0.25, 0.3) is 0 Å². The van der Waals surface area contributed by atoms with E-state index < -0.39 is 0 Å². The Hall–Kier alpha value is -0.570. The third kappa shape index (κ3) is 2.69. The first-order valence-electron chi connectivity index (χ1n) is 5.04. The van der Waals surface area contributed by atoms with Crippen LogP contribution < -0.4 is 5.32 Å². The van der Waals surface area contributed by atoms with Crippen molar-refractivity contribution < 1.29 is 9.53 Å². The van der Waals surface area contributed by atoms with Gasteiger partial charge in [0.15, 0.2) is 0 Å². The summed E-state index contributed by atoms with van der Waals surface area (Å²) in [4.78, 5) is 11.2. The Balaban J connectivity index is 2.51. The zero-order valence-electron chi connectivity index (χ0n) is 8.56. The minimum absolute atomic E-state index is 0.0435. The van der Waals surface area contributed by atoms with Gasteiger partial charge in [0, 0.05) is 5.54 Å². The van der Waals surface area contributed by atoms with E-state index in [9.17, 15) is 4.79 Å². The smallest absolute Gasteiger partial charge is 0.307 e. The number of rotatable bonds is 4. The van der Waals surface area contributed by atoms with Crippen LogP contribution in [0.4, 0.5) is 0 Å². The summed E-state index contributed by atoms with van der Waals surface area (Å²) >= 11 is 0. The number of carbonyl (C=O) groups is 1. The number of carbonyl (C=O) groups excluding carboxylic acids is 1.